The summed E-state index contributed by atoms with van der Waals surface area (Å²) >= 11 is 0. The van der Waals surface area contributed by atoms with Crippen LogP contribution in [-0.2, 0) is 11.2 Å². The molecule has 0 bridgehead atoms. The van der Waals surface area contributed by atoms with Crippen LogP contribution in [0.5, 0.6) is 11.5 Å². The van der Waals surface area contributed by atoms with Crippen LogP contribution in [0, 0.1) is 0 Å². The Balaban J connectivity index is 2.14. The molecule has 6 N–H and O–H groups in total. The Kier molecular flexibility index (Phi) is 11.7. The average Bonchev–Trinajstić information content (AvgIpc) is 2.91. The number of anilines is 2. The fourth-order valence-corrected chi connectivity index (χ4v) is 5.25. The van der Waals surface area contributed by atoms with Crippen molar-refractivity contribution in [2.45, 2.75) is 104 Å². The summed E-state index contributed by atoms with van der Waals surface area (Å²) in [6.07, 6.45) is 8.82. The van der Waals surface area contributed by atoms with Crippen LogP contribution in [0.1, 0.15) is 104 Å². The van der Waals surface area contributed by atoms with Crippen molar-refractivity contribution < 1.29 is 19.7 Å². The number of benzene rings is 3. The highest BCUT2D eigenvalue weighted by molar-refractivity contribution is 5.83. The highest BCUT2D eigenvalue weighted by atomic mass is 16.5. The summed E-state index contributed by atoms with van der Waals surface area (Å²) in [5.41, 5.74) is 16.7. The van der Waals surface area contributed by atoms with E-state index in [0.29, 0.717) is 35.7 Å². The summed E-state index contributed by atoms with van der Waals surface area (Å²) in [4.78, 5) is 0. The molecule has 0 radical (unpaired) electrons. The Morgan fingerprint density at radius 3 is 1.26 bits per heavy atom. The predicted molar refractivity (Wildman–Crippen MR) is 176 cm³/mol. The Bertz CT molecular complexity index is 1200. The monoisotopic (exact) mass is 576 g/mol. The lowest BCUT2D eigenvalue weighted by Gasteiger charge is -2.23. The SMILES string of the molecule is CCCCCCOc1cc(-c2ccc(C(C)(C)O)c(N)c2)c(OCCCCCC)cc1-c1ccc(C(C)(C)O)c(N)c1. The third kappa shape index (κ3) is 8.89. The molecule has 0 aliphatic heterocycles. The van der Waals surface area contributed by atoms with Crippen LogP contribution in [0.25, 0.3) is 22.3 Å². The highest BCUT2D eigenvalue weighted by Crippen LogP contribution is 2.43. The van der Waals surface area contributed by atoms with Gasteiger partial charge < -0.3 is 31.2 Å². The molecular weight excluding hydrogens is 524 g/mol. The van der Waals surface area contributed by atoms with E-state index in [1.165, 1.54) is 12.8 Å². The molecule has 6 heteroatoms. The summed E-state index contributed by atoms with van der Waals surface area (Å²) in [7, 11) is 0. The second-order valence-corrected chi connectivity index (χ2v) is 12.4. The first-order valence-electron chi connectivity index (χ1n) is 15.6. The van der Waals surface area contributed by atoms with Crippen LogP contribution in [0.15, 0.2) is 48.5 Å². The van der Waals surface area contributed by atoms with Crippen molar-refractivity contribution in [1.82, 2.24) is 0 Å². The van der Waals surface area contributed by atoms with E-state index in [4.69, 9.17) is 20.9 Å². The second kappa shape index (κ2) is 14.8. The molecule has 6 nitrogen and oxygen atoms in total. The van der Waals surface area contributed by atoms with Gasteiger partial charge in [-0.1, -0.05) is 76.6 Å². The molecule has 0 unspecified atom stereocenters. The van der Waals surface area contributed by atoms with Crippen molar-refractivity contribution in [3.8, 4) is 33.8 Å². The lowest BCUT2D eigenvalue weighted by Crippen LogP contribution is -2.17. The van der Waals surface area contributed by atoms with Gasteiger partial charge in [-0.25, -0.2) is 0 Å². The van der Waals surface area contributed by atoms with Crippen LogP contribution >= 0.6 is 0 Å². The maximum atomic E-state index is 10.6. The molecule has 0 amide bonds. The lowest BCUT2D eigenvalue weighted by molar-refractivity contribution is 0.0788. The van der Waals surface area contributed by atoms with Gasteiger partial charge in [-0.3, -0.25) is 0 Å². The van der Waals surface area contributed by atoms with Gasteiger partial charge in [0.1, 0.15) is 11.5 Å². The Hall–Kier alpha value is -3.22. The lowest BCUT2D eigenvalue weighted by atomic mass is 9.91. The fraction of sp³-hybridized carbons (Fsp3) is 0.500. The molecule has 0 aliphatic rings. The van der Waals surface area contributed by atoms with Crippen LogP contribution in [-0.4, -0.2) is 23.4 Å². The number of nitrogens with two attached hydrogens (primary N) is 2. The van der Waals surface area contributed by atoms with E-state index in [1.807, 2.05) is 48.5 Å². The van der Waals surface area contributed by atoms with Crippen molar-refractivity contribution in [2.75, 3.05) is 24.7 Å². The molecule has 0 aromatic heterocycles. The molecule has 0 aliphatic carbocycles. The molecule has 3 rings (SSSR count). The third-order valence-electron chi connectivity index (χ3n) is 7.64. The third-order valence-corrected chi connectivity index (χ3v) is 7.64. The van der Waals surface area contributed by atoms with Gasteiger partial charge in [0, 0.05) is 33.6 Å². The molecule has 0 heterocycles. The summed E-state index contributed by atoms with van der Waals surface area (Å²) < 4.78 is 12.9. The number of unbranched alkanes of at least 4 members (excludes halogenated alkanes) is 6. The molecule has 0 fully saturated rings. The zero-order chi connectivity index (χ0) is 30.9. The van der Waals surface area contributed by atoms with Gasteiger partial charge >= 0.3 is 0 Å². The number of hydrogen-bond acceptors (Lipinski definition) is 6. The van der Waals surface area contributed by atoms with Gasteiger partial charge in [0.05, 0.1) is 24.4 Å². The van der Waals surface area contributed by atoms with Crippen LogP contribution < -0.4 is 20.9 Å². The number of nitrogen functional groups attached to an aromatic ring is 2. The maximum absolute atomic E-state index is 10.6. The van der Waals surface area contributed by atoms with Crippen molar-refractivity contribution in [2.24, 2.45) is 0 Å². The maximum Gasteiger partial charge on any atom is 0.128 e. The van der Waals surface area contributed by atoms with Crippen molar-refractivity contribution in [1.29, 1.82) is 0 Å². The van der Waals surface area contributed by atoms with E-state index in [-0.39, 0.29) is 0 Å². The molecule has 0 saturated heterocycles. The number of aliphatic hydroxyl groups is 2. The van der Waals surface area contributed by atoms with Gasteiger partial charge in [0.15, 0.2) is 0 Å². The van der Waals surface area contributed by atoms with Gasteiger partial charge in [0.25, 0.3) is 0 Å². The number of ether oxygens (including phenoxy) is 2. The fourth-order valence-electron chi connectivity index (χ4n) is 5.25. The van der Waals surface area contributed by atoms with E-state index in [1.54, 1.807) is 27.7 Å². The van der Waals surface area contributed by atoms with Gasteiger partial charge in [0.2, 0.25) is 0 Å². The van der Waals surface area contributed by atoms with Crippen molar-refractivity contribution in [3.63, 3.8) is 0 Å². The predicted octanol–water partition coefficient (Wildman–Crippen LogP) is 8.56. The first-order chi connectivity index (χ1) is 19.9. The van der Waals surface area contributed by atoms with E-state index in [9.17, 15) is 10.2 Å². The Morgan fingerprint density at radius 1 is 0.571 bits per heavy atom. The average molecular weight is 577 g/mol. The normalized spacial score (nSPS) is 12.0. The van der Waals surface area contributed by atoms with E-state index in [2.05, 4.69) is 13.8 Å². The van der Waals surface area contributed by atoms with E-state index in [0.717, 1.165) is 72.3 Å². The molecule has 42 heavy (non-hydrogen) atoms. The molecular formula is C36H52N2O4. The summed E-state index contributed by atoms with van der Waals surface area (Å²) in [5.74, 6) is 1.47. The minimum Gasteiger partial charge on any atom is -0.493 e. The Labute approximate surface area is 253 Å². The van der Waals surface area contributed by atoms with Crippen molar-refractivity contribution in [3.05, 3.63) is 59.7 Å². The minimum absolute atomic E-state index is 0.523. The standard InChI is InChI=1S/C36H52N2O4/c1-7-9-11-13-19-41-33-23-28(26-16-18-30(32(38)22-26)36(5,6)40)34(42-20-14-12-10-8-2)24-27(33)25-15-17-29(31(37)21-25)35(3,4)39/h15-18,21-24,39-40H,7-14,19-20,37-38H2,1-6H3. The Morgan fingerprint density at radius 2 is 0.952 bits per heavy atom. The number of rotatable bonds is 16. The highest BCUT2D eigenvalue weighted by Gasteiger charge is 2.23. The van der Waals surface area contributed by atoms with Crippen molar-refractivity contribution >= 4 is 11.4 Å². The van der Waals surface area contributed by atoms with Crippen LogP contribution in [0.4, 0.5) is 11.4 Å². The quantitative estimate of drug-likeness (QED) is 0.100. The summed E-state index contributed by atoms with van der Waals surface area (Å²) in [6, 6.07) is 15.6. The molecule has 0 spiro atoms. The van der Waals surface area contributed by atoms with Crippen LogP contribution in [0.3, 0.4) is 0 Å². The molecule has 0 atom stereocenters. The zero-order valence-electron chi connectivity index (χ0n) is 26.6. The second-order valence-electron chi connectivity index (χ2n) is 12.4. The van der Waals surface area contributed by atoms with Gasteiger partial charge in [-0.05, 0) is 75.9 Å². The smallest absolute Gasteiger partial charge is 0.128 e. The summed E-state index contributed by atoms with van der Waals surface area (Å²) in [6.45, 7) is 12.5. The van der Waals surface area contributed by atoms with Gasteiger partial charge in [-0.2, -0.15) is 0 Å². The minimum atomic E-state index is -1.05. The van der Waals surface area contributed by atoms with Gasteiger partial charge in [-0.15, -0.1) is 0 Å². The molecule has 0 saturated carbocycles. The van der Waals surface area contributed by atoms with Crippen LogP contribution in [0.2, 0.25) is 0 Å². The topological polar surface area (TPSA) is 111 Å². The largest absolute Gasteiger partial charge is 0.493 e. The number of hydrogen-bond donors (Lipinski definition) is 4. The zero-order valence-corrected chi connectivity index (χ0v) is 26.6. The first kappa shape index (κ1) is 33.3. The molecule has 3 aromatic rings. The summed E-state index contributed by atoms with van der Waals surface area (Å²) in [5, 5.41) is 21.2. The van der Waals surface area contributed by atoms with E-state index < -0.39 is 11.2 Å². The molecule has 3 aromatic carbocycles. The molecule has 230 valence electrons. The van der Waals surface area contributed by atoms with E-state index >= 15 is 0 Å². The first-order valence-corrected chi connectivity index (χ1v) is 15.6.